The second-order valence-corrected chi connectivity index (χ2v) is 8.83. The van der Waals surface area contributed by atoms with Gasteiger partial charge in [0.1, 0.15) is 0 Å². The van der Waals surface area contributed by atoms with Crippen LogP contribution in [0.3, 0.4) is 0 Å². The summed E-state index contributed by atoms with van der Waals surface area (Å²) in [6.07, 6.45) is 2.79. The van der Waals surface area contributed by atoms with Gasteiger partial charge in [0.25, 0.3) is 10.0 Å². The SMILES string of the molecule is CN(C)CCCC(=O)c1cc2c(c3ncccc13)NS(=O)(=O)c1ccccc1-2. The summed E-state index contributed by atoms with van der Waals surface area (Å²) in [5.74, 6) is 0.0357. The molecule has 0 saturated heterocycles. The zero-order valence-corrected chi connectivity index (χ0v) is 16.6. The second kappa shape index (κ2) is 7.00. The van der Waals surface area contributed by atoms with Crippen LogP contribution in [-0.2, 0) is 10.0 Å². The lowest BCUT2D eigenvalue weighted by molar-refractivity contribution is 0.0979. The van der Waals surface area contributed by atoms with Crippen LogP contribution >= 0.6 is 0 Å². The van der Waals surface area contributed by atoms with Crippen LogP contribution in [0.4, 0.5) is 5.69 Å². The lowest BCUT2D eigenvalue weighted by Crippen LogP contribution is -2.20. The number of nitrogens with zero attached hydrogens (tertiary/aromatic N) is 2. The highest BCUT2D eigenvalue weighted by Gasteiger charge is 2.30. The number of benzene rings is 2. The molecule has 0 aliphatic carbocycles. The third-order valence-corrected chi connectivity index (χ3v) is 6.31. The zero-order chi connectivity index (χ0) is 19.9. The number of nitrogens with one attached hydrogen (secondary N) is 1. The minimum Gasteiger partial charge on any atom is -0.309 e. The van der Waals surface area contributed by atoms with Gasteiger partial charge in [-0.1, -0.05) is 24.3 Å². The minimum atomic E-state index is -3.68. The molecule has 0 atom stereocenters. The fraction of sp³-hybridized carbons (Fsp3) is 0.238. The van der Waals surface area contributed by atoms with E-state index in [1.165, 1.54) is 0 Å². The Hall–Kier alpha value is -2.77. The molecule has 0 radical (unpaired) electrons. The molecule has 0 amide bonds. The van der Waals surface area contributed by atoms with Crippen LogP contribution in [0.1, 0.15) is 23.2 Å². The van der Waals surface area contributed by atoms with E-state index in [0.717, 1.165) is 13.0 Å². The summed E-state index contributed by atoms with van der Waals surface area (Å²) in [7, 11) is 0.272. The van der Waals surface area contributed by atoms with E-state index in [2.05, 4.69) is 9.71 Å². The van der Waals surface area contributed by atoms with Crippen molar-refractivity contribution in [3.05, 3.63) is 54.2 Å². The van der Waals surface area contributed by atoms with Crippen molar-refractivity contribution in [3.8, 4) is 11.1 Å². The Morgan fingerprint density at radius 2 is 1.89 bits per heavy atom. The number of hydrogen-bond donors (Lipinski definition) is 1. The molecule has 144 valence electrons. The van der Waals surface area contributed by atoms with Crippen LogP contribution in [0.5, 0.6) is 0 Å². The lowest BCUT2D eigenvalue weighted by atomic mass is 9.93. The molecule has 2 aromatic carbocycles. The maximum Gasteiger partial charge on any atom is 0.262 e. The van der Waals surface area contributed by atoms with E-state index >= 15 is 0 Å². The minimum absolute atomic E-state index is 0.0357. The number of carbonyl (C=O) groups is 1. The van der Waals surface area contributed by atoms with Gasteiger partial charge in [-0.05, 0) is 45.3 Å². The van der Waals surface area contributed by atoms with Crippen molar-refractivity contribution in [1.82, 2.24) is 9.88 Å². The molecular formula is C21H21N3O3S. The van der Waals surface area contributed by atoms with E-state index in [-0.39, 0.29) is 10.7 Å². The van der Waals surface area contributed by atoms with Crippen molar-refractivity contribution in [2.24, 2.45) is 0 Å². The van der Waals surface area contributed by atoms with E-state index in [4.69, 9.17) is 0 Å². The van der Waals surface area contributed by atoms with Gasteiger partial charge in [-0.15, -0.1) is 0 Å². The van der Waals surface area contributed by atoms with Gasteiger partial charge in [-0.3, -0.25) is 14.5 Å². The summed E-state index contributed by atoms with van der Waals surface area (Å²) in [6, 6.07) is 12.2. The quantitative estimate of drug-likeness (QED) is 0.669. The van der Waals surface area contributed by atoms with Crippen LogP contribution in [0, 0.1) is 0 Å². The van der Waals surface area contributed by atoms with Gasteiger partial charge in [0.05, 0.1) is 16.1 Å². The number of sulfonamides is 1. The number of aromatic nitrogens is 1. The molecule has 28 heavy (non-hydrogen) atoms. The molecule has 0 saturated carbocycles. The van der Waals surface area contributed by atoms with Crippen LogP contribution in [0.25, 0.3) is 22.0 Å². The van der Waals surface area contributed by atoms with E-state index in [0.29, 0.717) is 39.7 Å². The molecule has 7 heteroatoms. The summed E-state index contributed by atoms with van der Waals surface area (Å²) in [5, 5.41) is 0.665. The molecule has 6 nitrogen and oxygen atoms in total. The molecule has 1 aromatic heterocycles. The molecule has 3 aromatic rings. The molecular weight excluding hydrogens is 374 g/mol. The van der Waals surface area contributed by atoms with Crippen LogP contribution in [0.15, 0.2) is 53.6 Å². The molecule has 0 fully saturated rings. The Kier molecular flexibility index (Phi) is 4.64. The summed E-state index contributed by atoms with van der Waals surface area (Å²) in [6.45, 7) is 0.829. The normalized spacial score (nSPS) is 14.4. The van der Waals surface area contributed by atoms with E-state index in [1.54, 1.807) is 42.6 Å². The zero-order valence-electron chi connectivity index (χ0n) is 15.8. The average Bonchev–Trinajstić information content (AvgIpc) is 2.67. The number of fused-ring (bicyclic) bond motifs is 5. The fourth-order valence-electron chi connectivity index (χ4n) is 3.59. The predicted octanol–water partition coefficient (Wildman–Crippen LogP) is 3.54. The van der Waals surface area contributed by atoms with Crippen molar-refractivity contribution >= 4 is 32.4 Å². The van der Waals surface area contributed by atoms with E-state index in [1.807, 2.05) is 25.1 Å². The number of Topliss-reactive ketones (excluding diaryl/α,β-unsaturated/α-hetero) is 1. The molecule has 0 bridgehead atoms. The summed E-state index contributed by atoms with van der Waals surface area (Å²) in [4.78, 5) is 19.6. The predicted molar refractivity (Wildman–Crippen MR) is 110 cm³/mol. The largest absolute Gasteiger partial charge is 0.309 e. The first-order valence-electron chi connectivity index (χ1n) is 9.10. The third kappa shape index (κ3) is 3.16. The summed E-state index contributed by atoms with van der Waals surface area (Å²) >= 11 is 0. The number of anilines is 1. The van der Waals surface area contributed by atoms with Gasteiger partial charge in [-0.2, -0.15) is 0 Å². The molecule has 1 N–H and O–H groups in total. The monoisotopic (exact) mass is 395 g/mol. The first kappa shape index (κ1) is 18.6. The molecule has 0 unspecified atom stereocenters. The highest BCUT2D eigenvalue weighted by Crippen LogP contribution is 2.43. The first-order valence-corrected chi connectivity index (χ1v) is 10.6. The van der Waals surface area contributed by atoms with Gasteiger partial charge in [-0.25, -0.2) is 8.42 Å². The Labute approximate surface area is 164 Å². The smallest absolute Gasteiger partial charge is 0.262 e. The fourth-order valence-corrected chi connectivity index (χ4v) is 4.90. The van der Waals surface area contributed by atoms with Crippen molar-refractivity contribution in [1.29, 1.82) is 0 Å². The van der Waals surface area contributed by atoms with Gasteiger partial charge < -0.3 is 4.90 Å². The Balaban J connectivity index is 1.91. The van der Waals surface area contributed by atoms with Gasteiger partial charge in [0, 0.05) is 34.7 Å². The van der Waals surface area contributed by atoms with Crippen molar-refractivity contribution in [2.75, 3.05) is 25.4 Å². The van der Waals surface area contributed by atoms with Crippen LogP contribution < -0.4 is 4.72 Å². The number of pyridine rings is 1. The van der Waals surface area contributed by atoms with E-state index in [9.17, 15) is 13.2 Å². The Morgan fingerprint density at radius 1 is 1.11 bits per heavy atom. The standard InChI is InChI=1S/C21H21N3O3S/c1-24(2)12-6-9-18(25)16-13-17-14-7-3-4-10-19(14)28(26,27)23-21(17)20-15(16)8-5-11-22-20/h3-5,7-8,10-11,13,23H,6,9,12H2,1-2H3. The molecule has 4 rings (SSSR count). The van der Waals surface area contributed by atoms with Gasteiger partial charge >= 0.3 is 0 Å². The maximum atomic E-state index is 13.0. The highest BCUT2D eigenvalue weighted by atomic mass is 32.2. The molecule has 0 spiro atoms. The summed E-state index contributed by atoms with van der Waals surface area (Å²) in [5.41, 5.74) is 2.78. The Morgan fingerprint density at radius 3 is 2.68 bits per heavy atom. The number of ketones is 1. The number of hydrogen-bond acceptors (Lipinski definition) is 5. The average molecular weight is 395 g/mol. The lowest BCUT2D eigenvalue weighted by Gasteiger charge is -2.23. The number of carbonyl (C=O) groups excluding carboxylic acids is 1. The number of rotatable bonds is 5. The maximum absolute atomic E-state index is 13.0. The van der Waals surface area contributed by atoms with Crippen molar-refractivity contribution in [2.45, 2.75) is 17.7 Å². The van der Waals surface area contributed by atoms with Crippen LogP contribution in [-0.4, -0.2) is 44.7 Å². The second-order valence-electron chi connectivity index (χ2n) is 7.18. The molecule has 1 aliphatic heterocycles. The van der Waals surface area contributed by atoms with Crippen molar-refractivity contribution < 1.29 is 13.2 Å². The summed E-state index contributed by atoms with van der Waals surface area (Å²) < 4.78 is 28.0. The Bertz CT molecular complexity index is 1190. The third-order valence-electron chi connectivity index (χ3n) is 4.91. The topological polar surface area (TPSA) is 79.4 Å². The highest BCUT2D eigenvalue weighted by molar-refractivity contribution is 7.93. The molecule has 2 heterocycles. The van der Waals surface area contributed by atoms with Crippen molar-refractivity contribution in [3.63, 3.8) is 0 Å². The van der Waals surface area contributed by atoms with Gasteiger partial charge in [0.2, 0.25) is 0 Å². The van der Waals surface area contributed by atoms with E-state index < -0.39 is 10.0 Å². The van der Waals surface area contributed by atoms with Gasteiger partial charge in [0.15, 0.2) is 5.78 Å². The molecule has 1 aliphatic rings. The first-order chi connectivity index (χ1) is 13.4. The van der Waals surface area contributed by atoms with Crippen LogP contribution in [0.2, 0.25) is 0 Å².